The summed E-state index contributed by atoms with van der Waals surface area (Å²) in [6.45, 7) is 4.43. The quantitative estimate of drug-likeness (QED) is 0.912. The molecule has 2 atom stereocenters. The van der Waals surface area contributed by atoms with Crippen LogP contribution in [0.4, 0.5) is 4.39 Å². The van der Waals surface area contributed by atoms with Gasteiger partial charge < -0.3 is 5.11 Å². The van der Waals surface area contributed by atoms with Crippen molar-refractivity contribution in [3.63, 3.8) is 0 Å². The number of hydrogen-bond acceptors (Lipinski definition) is 2. The number of carboxylic acids is 1. The zero-order valence-corrected chi connectivity index (χ0v) is 11.4. The highest BCUT2D eigenvalue weighted by Crippen LogP contribution is 2.29. The zero-order chi connectivity index (χ0) is 14.0. The van der Waals surface area contributed by atoms with Gasteiger partial charge in [-0.2, -0.15) is 0 Å². The Hall–Kier alpha value is -1.42. The summed E-state index contributed by atoms with van der Waals surface area (Å²) in [6, 6.07) is 4.63. The monoisotopic (exact) mass is 265 g/mol. The third-order valence-electron chi connectivity index (χ3n) is 4.01. The first-order valence-electron chi connectivity index (χ1n) is 6.75. The second-order valence-corrected chi connectivity index (χ2v) is 5.27. The number of rotatable bonds is 3. The summed E-state index contributed by atoms with van der Waals surface area (Å²) in [5, 5.41) is 9.29. The molecule has 0 spiro atoms. The smallest absolute Gasteiger partial charge is 0.320 e. The maximum Gasteiger partial charge on any atom is 0.320 e. The summed E-state index contributed by atoms with van der Waals surface area (Å²) >= 11 is 0. The highest BCUT2D eigenvalue weighted by molar-refractivity contribution is 5.73. The topological polar surface area (TPSA) is 40.5 Å². The van der Waals surface area contributed by atoms with Crippen LogP contribution in [0.5, 0.6) is 0 Å². The minimum atomic E-state index is -0.779. The van der Waals surface area contributed by atoms with E-state index in [1.54, 1.807) is 13.0 Å². The van der Waals surface area contributed by atoms with Gasteiger partial charge in [-0.05, 0) is 50.4 Å². The Kier molecular flexibility index (Phi) is 4.20. The molecule has 1 aromatic carbocycles. The van der Waals surface area contributed by atoms with Crippen LogP contribution >= 0.6 is 0 Å². The molecule has 4 heteroatoms. The van der Waals surface area contributed by atoms with E-state index in [0.29, 0.717) is 12.0 Å². The van der Waals surface area contributed by atoms with E-state index < -0.39 is 12.0 Å². The number of likely N-dealkylation sites (tertiary alicyclic amines) is 1. The second-order valence-electron chi connectivity index (χ2n) is 5.27. The first-order chi connectivity index (χ1) is 9.00. The third-order valence-corrected chi connectivity index (χ3v) is 4.01. The standard InChI is InChI=1S/C15H20FNO2/c1-10-6-7-12(9-13(10)16)11(2)17-8-4-3-5-14(17)15(18)19/h6-7,9,11,14H,3-5,8H2,1-2H3,(H,18,19). The fourth-order valence-corrected chi connectivity index (χ4v) is 2.74. The van der Waals surface area contributed by atoms with Crippen LogP contribution < -0.4 is 0 Å². The summed E-state index contributed by atoms with van der Waals surface area (Å²) < 4.78 is 13.6. The van der Waals surface area contributed by atoms with Crippen molar-refractivity contribution in [2.45, 2.75) is 45.2 Å². The van der Waals surface area contributed by atoms with Gasteiger partial charge in [-0.25, -0.2) is 4.39 Å². The Morgan fingerprint density at radius 1 is 1.47 bits per heavy atom. The lowest BCUT2D eigenvalue weighted by Gasteiger charge is -2.37. The number of piperidine rings is 1. The molecule has 1 aliphatic heterocycles. The molecule has 0 amide bonds. The molecule has 1 aromatic rings. The van der Waals surface area contributed by atoms with E-state index in [4.69, 9.17) is 0 Å². The first-order valence-corrected chi connectivity index (χ1v) is 6.75. The van der Waals surface area contributed by atoms with Crippen LogP contribution in [0.3, 0.4) is 0 Å². The molecule has 1 saturated heterocycles. The van der Waals surface area contributed by atoms with Gasteiger partial charge in [0.15, 0.2) is 0 Å². The summed E-state index contributed by atoms with van der Waals surface area (Å²) in [5.74, 6) is -1.01. The summed E-state index contributed by atoms with van der Waals surface area (Å²) in [7, 11) is 0. The molecule has 1 heterocycles. The van der Waals surface area contributed by atoms with Gasteiger partial charge in [0.1, 0.15) is 11.9 Å². The molecule has 3 nitrogen and oxygen atoms in total. The van der Waals surface area contributed by atoms with Crippen molar-refractivity contribution in [2.75, 3.05) is 6.54 Å². The molecule has 1 fully saturated rings. The fourth-order valence-electron chi connectivity index (χ4n) is 2.74. The molecular weight excluding hydrogens is 245 g/mol. The Morgan fingerprint density at radius 2 is 2.21 bits per heavy atom. The lowest BCUT2D eigenvalue weighted by Crippen LogP contribution is -2.45. The molecule has 1 aliphatic rings. The fraction of sp³-hybridized carbons (Fsp3) is 0.533. The number of carboxylic acid groups (broad SMARTS) is 1. The largest absolute Gasteiger partial charge is 0.480 e. The van der Waals surface area contributed by atoms with Gasteiger partial charge in [-0.1, -0.05) is 18.6 Å². The van der Waals surface area contributed by atoms with Crippen molar-refractivity contribution in [2.24, 2.45) is 0 Å². The van der Waals surface area contributed by atoms with Crippen LogP contribution in [0.25, 0.3) is 0 Å². The summed E-state index contributed by atoms with van der Waals surface area (Å²) in [4.78, 5) is 13.3. The van der Waals surface area contributed by atoms with Crippen LogP contribution in [-0.4, -0.2) is 28.6 Å². The Bertz CT molecular complexity index is 475. The Labute approximate surface area is 113 Å². The van der Waals surface area contributed by atoms with E-state index in [1.807, 2.05) is 17.9 Å². The number of halogens is 1. The van der Waals surface area contributed by atoms with Gasteiger partial charge in [0.05, 0.1) is 0 Å². The maximum absolute atomic E-state index is 13.6. The predicted octanol–water partition coefficient (Wildman–Crippen LogP) is 3.13. The molecule has 0 bridgehead atoms. The minimum absolute atomic E-state index is 0.0727. The number of nitrogens with zero attached hydrogens (tertiary/aromatic N) is 1. The van der Waals surface area contributed by atoms with E-state index in [9.17, 15) is 14.3 Å². The van der Waals surface area contributed by atoms with E-state index in [0.717, 1.165) is 24.9 Å². The van der Waals surface area contributed by atoms with Crippen LogP contribution in [-0.2, 0) is 4.79 Å². The molecule has 0 aliphatic carbocycles. The van der Waals surface area contributed by atoms with E-state index >= 15 is 0 Å². The second kappa shape index (κ2) is 5.70. The van der Waals surface area contributed by atoms with Crippen molar-refractivity contribution >= 4 is 5.97 Å². The predicted molar refractivity (Wildman–Crippen MR) is 71.5 cm³/mol. The van der Waals surface area contributed by atoms with Crippen LogP contribution in [0, 0.1) is 12.7 Å². The molecule has 0 radical (unpaired) electrons. The molecule has 0 saturated carbocycles. The summed E-state index contributed by atoms with van der Waals surface area (Å²) in [6.07, 6.45) is 2.62. The highest BCUT2D eigenvalue weighted by Gasteiger charge is 2.32. The van der Waals surface area contributed by atoms with Crippen molar-refractivity contribution < 1.29 is 14.3 Å². The van der Waals surface area contributed by atoms with Gasteiger partial charge in [0, 0.05) is 6.04 Å². The van der Waals surface area contributed by atoms with Crippen LogP contribution in [0.1, 0.15) is 43.4 Å². The molecule has 104 valence electrons. The molecule has 1 N–H and O–H groups in total. The lowest BCUT2D eigenvalue weighted by molar-refractivity contribution is -0.145. The minimum Gasteiger partial charge on any atom is -0.480 e. The maximum atomic E-state index is 13.6. The summed E-state index contributed by atoms with van der Waals surface area (Å²) in [5.41, 5.74) is 1.46. The Morgan fingerprint density at radius 3 is 2.84 bits per heavy atom. The molecular formula is C15H20FNO2. The number of hydrogen-bond donors (Lipinski definition) is 1. The molecule has 2 rings (SSSR count). The average molecular weight is 265 g/mol. The van der Waals surface area contributed by atoms with E-state index in [-0.39, 0.29) is 11.9 Å². The van der Waals surface area contributed by atoms with Gasteiger partial charge in [-0.15, -0.1) is 0 Å². The SMILES string of the molecule is Cc1ccc(C(C)N2CCCCC2C(=O)O)cc1F. The van der Waals surface area contributed by atoms with Crippen molar-refractivity contribution in [1.29, 1.82) is 0 Å². The number of carbonyl (C=O) groups is 1. The highest BCUT2D eigenvalue weighted by atomic mass is 19.1. The van der Waals surface area contributed by atoms with Crippen LogP contribution in [0.2, 0.25) is 0 Å². The Balaban J connectivity index is 2.23. The molecule has 0 aromatic heterocycles. The van der Waals surface area contributed by atoms with Gasteiger partial charge in [0.25, 0.3) is 0 Å². The van der Waals surface area contributed by atoms with E-state index in [1.165, 1.54) is 6.07 Å². The third kappa shape index (κ3) is 2.95. The lowest BCUT2D eigenvalue weighted by atomic mass is 9.96. The van der Waals surface area contributed by atoms with Gasteiger partial charge in [-0.3, -0.25) is 9.69 Å². The van der Waals surface area contributed by atoms with Crippen LogP contribution in [0.15, 0.2) is 18.2 Å². The van der Waals surface area contributed by atoms with E-state index in [2.05, 4.69) is 0 Å². The molecule has 19 heavy (non-hydrogen) atoms. The normalized spacial score (nSPS) is 22.2. The molecule has 2 unspecified atom stereocenters. The van der Waals surface area contributed by atoms with Crippen molar-refractivity contribution in [3.8, 4) is 0 Å². The first kappa shape index (κ1) is 14.0. The number of aliphatic carboxylic acids is 1. The average Bonchev–Trinajstić information content (AvgIpc) is 2.41. The van der Waals surface area contributed by atoms with Crippen molar-refractivity contribution in [1.82, 2.24) is 4.90 Å². The number of benzene rings is 1. The van der Waals surface area contributed by atoms with Gasteiger partial charge >= 0.3 is 5.97 Å². The van der Waals surface area contributed by atoms with Gasteiger partial charge in [0.2, 0.25) is 0 Å². The number of aryl methyl sites for hydroxylation is 1. The zero-order valence-electron chi connectivity index (χ0n) is 11.4. The van der Waals surface area contributed by atoms with Crippen molar-refractivity contribution in [3.05, 3.63) is 35.1 Å².